The maximum Gasteiger partial charge on any atom is 0.119 e. The van der Waals surface area contributed by atoms with Crippen LogP contribution in [-0.4, -0.2) is 6.08 Å². The summed E-state index contributed by atoms with van der Waals surface area (Å²) in [6.45, 7) is 4.07. The van der Waals surface area contributed by atoms with Crippen molar-refractivity contribution in [2.45, 2.75) is 39.2 Å². The molecule has 0 aliphatic rings. The van der Waals surface area contributed by atoms with Crippen molar-refractivity contribution in [1.82, 2.24) is 0 Å². The molecule has 1 atom stereocenters. The van der Waals surface area contributed by atoms with Gasteiger partial charge in [-0.05, 0) is 25.0 Å². The van der Waals surface area contributed by atoms with Crippen molar-refractivity contribution in [2.24, 2.45) is 0 Å². The molecule has 0 aromatic heterocycles. The van der Waals surface area contributed by atoms with Gasteiger partial charge in [-0.3, -0.25) is 0 Å². The fourth-order valence-electron chi connectivity index (χ4n) is 1.23. The third kappa shape index (κ3) is 3.49. The van der Waals surface area contributed by atoms with Crippen LogP contribution in [0, 0.1) is 0 Å². The van der Waals surface area contributed by atoms with E-state index in [4.69, 9.17) is 6.11 Å². The molecule has 0 bridgehead atoms. The lowest BCUT2D eigenvalue weighted by molar-refractivity contribution is 0.186. The molecule has 0 amide bonds. The predicted molar refractivity (Wildman–Crippen MR) is 56.1 cm³/mol. The summed E-state index contributed by atoms with van der Waals surface area (Å²) in [6.07, 6.45) is 1.72. The number of hydrogen-bond acceptors (Lipinski definition) is 1. The van der Waals surface area contributed by atoms with Crippen molar-refractivity contribution in [1.29, 1.82) is 0 Å². The van der Waals surface area contributed by atoms with E-state index < -0.39 is 6.08 Å². The van der Waals surface area contributed by atoms with E-state index in [2.05, 4.69) is 6.92 Å². The first kappa shape index (κ1) is 8.61. The SMILES string of the molecule is [2H]C(CC)(CCC)Oc1ccccc1. The average molecular weight is 179 g/mol. The summed E-state index contributed by atoms with van der Waals surface area (Å²) < 4.78 is 13.7. The topological polar surface area (TPSA) is 9.23 Å². The van der Waals surface area contributed by atoms with Crippen molar-refractivity contribution < 1.29 is 6.11 Å². The minimum Gasteiger partial charge on any atom is -0.490 e. The fraction of sp³-hybridized carbons (Fsp3) is 0.500. The summed E-state index contributed by atoms with van der Waals surface area (Å²) in [5, 5.41) is 0. The molecular weight excluding hydrogens is 160 g/mol. The Bertz CT molecular complexity index is 260. The number of hydrogen-bond donors (Lipinski definition) is 0. The molecule has 13 heavy (non-hydrogen) atoms. The molecule has 1 unspecified atom stereocenters. The van der Waals surface area contributed by atoms with E-state index in [1.807, 2.05) is 37.3 Å². The lowest BCUT2D eigenvalue weighted by atomic mass is 10.1. The minimum absolute atomic E-state index is 0.718. The highest BCUT2D eigenvalue weighted by atomic mass is 16.5. The van der Waals surface area contributed by atoms with Gasteiger partial charge in [0.05, 0.1) is 7.45 Å². The van der Waals surface area contributed by atoms with Gasteiger partial charge in [-0.25, -0.2) is 0 Å². The Morgan fingerprint density at radius 3 is 2.54 bits per heavy atom. The monoisotopic (exact) mass is 179 g/mol. The van der Waals surface area contributed by atoms with Crippen LogP contribution < -0.4 is 4.74 Å². The van der Waals surface area contributed by atoms with E-state index in [0.717, 1.165) is 25.0 Å². The molecule has 0 N–H and O–H groups in total. The van der Waals surface area contributed by atoms with Crippen LogP contribution in [0.4, 0.5) is 0 Å². The number of ether oxygens (including phenoxy) is 1. The van der Waals surface area contributed by atoms with Crippen molar-refractivity contribution in [3.05, 3.63) is 30.3 Å². The van der Waals surface area contributed by atoms with E-state index in [-0.39, 0.29) is 0 Å². The molecule has 0 radical (unpaired) electrons. The summed E-state index contributed by atoms with van der Waals surface area (Å²) in [5.41, 5.74) is 0. The maximum absolute atomic E-state index is 8.08. The lowest BCUT2D eigenvalue weighted by Crippen LogP contribution is -2.14. The summed E-state index contributed by atoms with van der Waals surface area (Å²) in [4.78, 5) is 0. The zero-order chi connectivity index (χ0) is 10.4. The Labute approximate surface area is 82.1 Å². The van der Waals surface area contributed by atoms with Gasteiger partial charge in [0.25, 0.3) is 0 Å². The second-order valence-electron chi connectivity index (χ2n) is 3.06. The van der Waals surface area contributed by atoms with Gasteiger partial charge in [0.2, 0.25) is 0 Å². The molecule has 1 rings (SSSR count). The smallest absolute Gasteiger partial charge is 0.119 e. The zero-order valence-corrected chi connectivity index (χ0v) is 8.42. The van der Waals surface area contributed by atoms with Gasteiger partial charge in [0, 0.05) is 0 Å². The molecule has 1 aromatic rings. The quantitative estimate of drug-likeness (QED) is 0.670. The van der Waals surface area contributed by atoms with Gasteiger partial charge in [0.15, 0.2) is 0 Å². The Morgan fingerprint density at radius 1 is 1.31 bits per heavy atom. The second-order valence-corrected chi connectivity index (χ2v) is 3.06. The van der Waals surface area contributed by atoms with Gasteiger partial charge in [-0.1, -0.05) is 38.5 Å². The van der Waals surface area contributed by atoms with Crippen LogP contribution in [0.3, 0.4) is 0 Å². The molecular formula is C12H18O. The molecule has 0 spiro atoms. The van der Waals surface area contributed by atoms with E-state index >= 15 is 0 Å². The van der Waals surface area contributed by atoms with Crippen LogP contribution in [0.2, 0.25) is 0 Å². The highest BCUT2D eigenvalue weighted by Crippen LogP contribution is 2.14. The largest absolute Gasteiger partial charge is 0.490 e. The van der Waals surface area contributed by atoms with E-state index in [1.165, 1.54) is 0 Å². The third-order valence-electron chi connectivity index (χ3n) is 1.93. The van der Waals surface area contributed by atoms with Crippen LogP contribution in [-0.2, 0) is 0 Å². The van der Waals surface area contributed by atoms with Crippen LogP contribution in [0.1, 0.15) is 34.5 Å². The predicted octanol–water partition coefficient (Wildman–Crippen LogP) is 3.64. The lowest BCUT2D eigenvalue weighted by Gasteiger charge is -2.16. The first-order valence-corrected chi connectivity index (χ1v) is 4.94. The summed E-state index contributed by atoms with van der Waals surface area (Å²) in [6, 6.07) is 9.60. The van der Waals surface area contributed by atoms with Gasteiger partial charge in [-0.15, -0.1) is 0 Å². The van der Waals surface area contributed by atoms with E-state index in [9.17, 15) is 0 Å². The van der Waals surface area contributed by atoms with E-state index in [1.54, 1.807) is 0 Å². The summed E-state index contributed by atoms with van der Waals surface area (Å²) in [7, 11) is 0. The molecule has 1 aromatic carbocycles. The Balaban J connectivity index is 2.65. The van der Waals surface area contributed by atoms with E-state index in [0.29, 0.717) is 0 Å². The van der Waals surface area contributed by atoms with Gasteiger partial charge in [0.1, 0.15) is 5.75 Å². The number of benzene rings is 1. The van der Waals surface area contributed by atoms with Crippen LogP contribution in [0.15, 0.2) is 30.3 Å². The molecule has 0 heterocycles. The molecule has 0 aliphatic carbocycles. The average Bonchev–Trinajstić information content (AvgIpc) is 2.20. The molecule has 0 saturated carbocycles. The number of para-hydroxylation sites is 1. The van der Waals surface area contributed by atoms with Crippen molar-refractivity contribution in [3.8, 4) is 5.75 Å². The third-order valence-corrected chi connectivity index (χ3v) is 1.93. The molecule has 0 fully saturated rings. The zero-order valence-electron chi connectivity index (χ0n) is 9.42. The summed E-state index contributed by atoms with van der Waals surface area (Å²) >= 11 is 0. The Kier molecular flexibility index (Phi) is 3.73. The molecule has 1 nitrogen and oxygen atoms in total. The van der Waals surface area contributed by atoms with Crippen molar-refractivity contribution in [2.75, 3.05) is 0 Å². The Morgan fingerprint density at radius 2 is 2.00 bits per heavy atom. The highest BCUT2D eigenvalue weighted by molar-refractivity contribution is 5.21. The Hall–Kier alpha value is -0.980. The molecule has 0 saturated heterocycles. The fourth-order valence-corrected chi connectivity index (χ4v) is 1.23. The normalized spacial score (nSPS) is 16.0. The van der Waals surface area contributed by atoms with Crippen LogP contribution in [0.5, 0.6) is 5.75 Å². The maximum atomic E-state index is 8.08. The van der Waals surface area contributed by atoms with Crippen LogP contribution in [0.25, 0.3) is 0 Å². The van der Waals surface area contributed by atoms with Crippen molar-refractivity contribution >= 4 is 0 Å². The summed E-state index contributed by atoms with van der Waals surface area (Å²) in [5.74, 6) is 0.790. The first-order chi connectivity index (χ1) is 6.70. The van der Waals surface area contributed by atoms with Gasteiger partial charge < -0.3 is 4.74 Å². The van der Waals surface area contributed by atoms with Gasteiger partial charge >= 0.3 is 0 Å². The first-order valence-electron chi connectivity index (χ1n) is 5.44. The number of rotatable bonds is 5. The van der Waals surface area contributed by atoms with Crippen molar-refractivity contribution in [3.63, 3.8) is 0 Å². The molecule has 72 valence electrons. The molecule has 0 aliphatic heterocycles. The minimum atomic E-state index is -0.754. The van der Waals surface area contributed by atoms with Crippen LogP contribution >= 0.6 is 0 Å². The van der Waals surface area contributed by atoms with Gasteiger partial charge in [-0.2, -0.15) is 0 Å². The highest BCUT2D eigenvalue weighted by Gasteiger charge is 2.05. The second kappa shape index (κ2) is 5.63. The standard InChI is InChI=1S/C12H18O/c1-3-8-11(4-2)13-12-9-6-5-7-10-12/h5-7,9-11H,3-4,8H2,1-2H3/i11D. The molecule has 1 heteroatoms.